The van der Waals surface area contributed by atoms with E-state index >= 15 is 0 Å². The minimum Gasteiger partial charge on any atom is -0.381 e. The fraction of sp³-hybridized carbons (Fsp3) is 0.750. The first-order valence-electron chi connectivity index (χ1n) is 7.87. The van der Waals surface area contributed by atoms with Crippen molar-refractivity contribution in [3.05, 3.63) is 12.2 Å². The van der Waals surface area contributed by atoms with E-state index in [2.05, 4.69) is 21.8 Å². The van der Waals surface area contributed by atoms with Crippen LogP contribution in [0.25, 0.3) is 0 Å². The summed E-state index contributed by atoms with van der Waals surface area (Å²) in [4.78, 5) is 20.1. The van der Waals surface area contributed by atoms with Gasteiger partial charge in [0.05, 0.1) is 6.61 Å². The molecule has 2 aliphatic heterocycles. The lowest BCUT2D eigenvalue weighted by molar-refractivity contribution is -0.127. The standard InChI is InChI=1S/C16H28N4O2/c1-13(2)9-17-15(18-10-14(21)19(3)4)20-7-5-16(11-20)6-8-22-12-16/h1,5-12H2,2-4H3,(H,17,18). The lowest BCUT2D eigenvalue weighted by atomic mass is 9.87. The van der Waals surface area contributed by atoms with Gasteiger partial charge >= 0.3 is 0 Å². The molecule has 2 heterocycles. The number of hydrogen-bond donors (Lipinski definition) is 1. The van der Waals surface area contributed by atoms with Crippen molar-refractivity contribution < 1.29 is 9.53 Å². The van der Waals surface area contributed by atoms with Crippen molar-refractivity contribution in [3.63, 3.8) is 0 Å². The van der Waals surface area contributed by atoms with E-state index in [1.807, 2.05) is 6.92 Å². The maximum atomic E-state index is 11.8. The van der Waals surface area contributed by atoms with Crippen molar-refractivity contribution in [1.29, 1.82) is 0 Å². The van der Waals surface area contributed by atoms with Gasteiger partial charge in [-0.05, 0) is 19.8 Å². The molecular weight excluding hydrogens is 280 g/mol. The van der Waals surface area contributed by atoms with E-state index in [9.17, 15) is 4.79 Å². The second kappa shape index (κ2) is 7.13. The molecule has 124 valence electrons. The van der Waals surface area contributed by atoms with E-state index in [1.165, 1.54) is 0 Å². The highest BCUT2D eigenvalue weighted by molar-refractivity contribution is 5.85. The summed E-state index contributed by atoms with van der Waals surface area (Å²) in [6.07, 6.45) is 2.25. The Labute approximate surface area is 133 Å². The Morgan fingerprint density at radius 3 is 2.82 bits per heavy atom. The van der Waals surface area contributed by atoms with Gasteiger partial charge in [0, 0.05) is 45.8 Å². The summed E-state index contributed by atoms with van der Waals surface area (Å²) in [5.74, 6) is 0.815. The highest BCUT2D eigenvalue weighted by Gasteiger charge is 2.42. The molecule has 1 unspecified atom stereocenters. The number of carbonyl (C=O) groups excluding carboxylic acids is 1. The Kier molecular flexibility index (Phi) is 5.45. The lowest BCUT2D eigenvalue weighted by Gasteiger charge is -2.25. The summed E-state index contributed by atoms with van der Waals surface area (Å²) < 4.78 is 5.58. The van der Waals surface area contributed by atoms with Gasteiger partial charge in [-0.1, -0.05) is 12.2 Å². The molecule has 1 atom stereocenters. The number of amides is 1. The van der Waals surface area contributed by atoms with Gasteiger partial charge in [0.1, 0.15) is 6.54 Å². The normalized spacial score (nSPS) is 24.9. The monoisotopic (exact) mass is 308 g/mol. The van der Waals surface area contributed by atoms with Gasteiger partial charge < -0.3 is 19.9 Å². The molecule has 0 aromatic heterocycles. The highest BCUT2D eigenvalue weighted by Crippen LogP contribution is 2.38. The Hall–Kier alpha value is -1.56. The molecule has 0 aromatic carbocycles. The highest BCUT2D eigenvalue weighted by atomic mass is 16.5. The molecule has 0 saturated carbocycles. The third-order valence-electron chi connectivity index (χ3n) is 4.33. The molecule has 0 radical (unpaired) electrons. The third kappa shape index (κ3) is 4.22. The molecule has 2 fully saturated rings. The molecular formula is C16H28N4O2. The van der Waals surface area contributed by atoms with Crippen molar-refractivity contribution in [3.8, 4) is 0 Å². The average Bonchev–Trinajstić information content (AvgIpc) is 3.09. The van der Waals surface area contributed by atoms with Crippen molar-refractivity contribution in [1.82, 2.24) is 15.1 Å². The number of nitrogens with zero attached hydrogens (tertiary/aromatic N) is 3. The summed E-state index contributed by atoms with van der Waals surface area (Å²) in [7, 11) is 3.50. The zero-order chi connectivity index (χ0) is 16.2. The van der Waals surface area contributed by atoms with Crippen LogP contribution in [0.1, 0.15) is 19.8 Å². The van der Waals surface area contributed by atoms with E-state index < -0.39 is 0 Å². The Morgan fingerprint density at radius 2 is 2.23 bits per heavy atom. The van der Waals surface area contributed by atoms with Crippen LogP contribution in [0.2, 0.25) is 0 Å². The Bertz CT molecular complexity index is 453. The van der Waals surface area contributed by atoms with Crippen molar-refractivity contribution in [2.24, 2.45) is 10.4 Å². The van der Waals surface area contributed by atoms with Crippen LogP contribution < -0.4 is 5.32 Å². The third-order valence-corrected chi connectivity index (χ3v) is 4.33. The van der Waals surface area contributed by atoms with Crippen LogP contribution in [0.4, 0.5) is 0 Å². The van der Waals surface area contributed by atoms with Crippen LogP contribution in [-0.4, -0.2) is 75.2 Å². The van der Waals surface area contributed by atoms with Gasteiger partial charge in [-0.3, -0.25) is 4.79 Å². The van der Waals surface area contributed by atoms with Crippen molar-refractivity contribution >= 4 is 11.9 Å². The predicted molar refractivity (Wildman–Crippen MR) is 87.9 cm³/mol. The number of carbonyl (C=O) groups is 1. The lowest BCUT2D eigenvalue weighted by Crippen LogP contribution is -2.42. The number of rotatable bonds is 4. The van der Waals surface area contributed by atoms with Crippen LogP contribution in [0.15, 0.2) is 17.1 Å². The van der Waals surface area contributed by atoms with Gasteiger partial charge in [0.15, 0.2) is 5.96 Å². The number of nitrogens with one attached hydrogen (secondary N) is 1. The van der Waals surface area contributed by atoms with Crippen LogP contribution >= 0.6 is 0 Å². The number of likely N-dealkylation sites (tertiary alicyclic amines) is 1. The molecule has 1 N–H and O–H groups in total. The molecule has 0 bridgehead atoms. The second-order valence-corrected chi connectivity index (χ2v) is 6.71. The fourth-order valence-electron chi connectivity index (χ4n) is 2.87. The molecule has 2 aliphatic rings. The molecule has 1 amide bonds. The van der Waals surface area contributed by atoms with Crippen molar-refractivity contribution in [2.45, 2.75) is 19.8 Å². The topological polar surface area (TPSA) is 57.2 Å². The maximum Gasteiger partial charge on any atom is 0.243 e. The van der Waals surface area contributed by atoms with Crippen LogP contribution in [-0.2, 0) is 9.53 Å². The van der Waals surface area contributed by atoms with Gasteiger partial charge in [-0.2, -0.15) is 0 Å². The zero-order valence-corrected chi connectivity index (χ0v) is 14.0. The SMILES string of the molecule is C=C(C)CNC(=NCC(=O)N(C)C)N1CCC2(CCOC2)C1. The average molecular weight is 308 g/mol. The van der Waals surface area contributed by atoms with E-state index in [0.29, 0.717) is 6.54 Å². The largest absolute Gasteiger partial charge is 0.381 e. The Morgan fingerprint density at radius 1 is 1.45 bits per heavy atom. The second-order valence-electron chi connectivity index (χ2n) is 6.71. The smallest absolute Gasteiger partial charge is 0.243 e. The molecule has 1 spiro atoms. The van der Waals surface area contributed by atoms with E-state index in [0.717, 1.165) is 50.7 Å². The molecule has 2 saturated heterocycles. The van der Waals surface area contributed by atoms with Gasteiger partial charge in [0.2, 0.25) is 5.91 Å². The molecule has 22 heavy (non-hydrogen) atoms. The fourth-order valence-corrected chi connectivity index (χ4v) is 2.87. The number of likely N-dealkylation sites (N-methyl/N-ethyl adjacent to an activating group) is 1. The quantitative estimate of drug-likeness (QED) is 0.472. The first-order valence-corrected chi connectivity index (χ1v) is 7.87. The number of ether oxygens (including phenoxy) is 1. The number of hydrogen-bond acceptors (Lipinski definition) is 3. The Balaban J connectivity index is 2.02. The summed E-state index contributed by atoms with van der Waals surface area (Å²) >= 11 is 0. The van der Waals surface area contributed by atoms with E-state index in [1.54, 1.807) is 19.0 Å². The van der Waals surface area contributed by atoms with Crippen molar-refractivity contribution in [2.75, 3.05) is 53.5 Å². The van der Waals surface area contributed by atoms with E-state index in [-0.39, 0.29) is 17.9 Å². The minimum atomic E-state index is 0.00716. The summed E-state index contributed by atoms with van der Waals surface area (Å²) in [6.45, 7) is 10.4. The molecule has 6 heteroatoms. The van der Waals surface area contributed by atoms with Crippen LogP contribution in [0.3, 0.4) is 0 Å². The summed E-state index contributed by atoms with van der Waals surface area (Å²) in [5, 5.41) is 3.33. The minimum absolute atomic E-state index is 0.00716. The zero-order valence-electron chi connectivity index (χ0n) is 14.0. The first kappa shape index (κ1) is 16.8. The molecule has 0 aromatic rings. The summed E-state index contributed by atoms with van der Waals surface area (Å²) in [6, 6.07) is 0. The number of guanidine groups is 1. The van der Waals surface area contributed by atoms with Gasteiger partial charge in [-0.25, -0.2) is 4.99 Å². The maximum absolute atomic E-state index is 11.8. The first-order chi connectivity index (χ1) is 10.4. The predicted octanol–water partition coefficient (Wildman–Crippen LogP) is 0.709. The van der Waals surface area contributed by atoms with E-state index in [4.69, 9.17) is 4.74 Å². The molecule has 6 nitrogen and oxygen atoms in total. The number of aliphatic imine (C=N–C) groups is 1. The van der Waals surface area contributed by atoms with Crippen LogP contribution in [0, 0.1) is 5.41 Å². The molecule has 0 aliphatic carbocycles. The van der Waals surface area contributed by atoms with Crippen LogP contribution in [0.5, 0.6) is 0 Å². The molecule has 2 rings (SSSR count). The van der Waals surface area contributed by atoms with Gasteiger partial charge in [-0.15, -0.1) is 0 Å². The summed E-state index contributed by atoms with van der Waals surface area (Å²) in [5.41, 5.74) is 1.32. The van der Waals surface area contributed by atoms with Gasteiger partial charge in [0.25, 0.3) is 0 Å².